The summed E-state index contributed by atoms with van der Waals surface area (Å²) < 4.78 is 0. The lowest BCUT2D eigenvalue weighted by Gasteiger charge is -2.28. The van der Waals surface area contributed by atoms with Crippen molar-refractivity contribution in [3.05, 3.63) is 34.9 Å². The van der Waals surface area contributed by atoms with Gasteiger partial charge in [-0.1, -0.05) is 43.5 Å². The number of carbonyl (C=O) groups excluding carboxylic acids is 1. The molecule has 2 fully saturated rings. The Morgan fingerprint density at radius 2 is 2.09 bits per heavy atom. The minimum Gasteiger partial charge on any atom is -0.331 e. The number of urea groups is 1. The lowest BCUT2D eigenvalue weighted by atomic mass is 9.92. The van der Waals surface area contributed by atoms with Crippen molar-refractivity contribution in [2.75, 3.05) is 13.1 Å². The summed E-state index contributed by atoms with van der Waals surface area (Å²) in [7, 11) is 0. The molecule has 1 saturated carbocycles. The maximum Gasteiger partial charge on any atom is 0.317 e. The first-order valence-corrected chi connectivity index (χ1v) is 8.82. The highest BCUT2D eigenvalue weighted by atomic mass is 35.5. The number of amides is 2. The van der Waals surface area contributed by atoms with Gasteiger partial charge in [0.05, 0.1) is 6.04 Å². The van der Waals surface area contributed by atoms with Crippen molar-refractivity contribution in [3.63, 3.8) is 0 Å². The summed E-state index contributed by atoms with van der Waals surface area (Å²) in [6, 6.07) is 8.12. The van der Waals surface area contributed by atoms with Crippen LogP contribution in [0.25, 0.3) is 0 Å². The van der Waals surface area contributed by atoms with Crippen LogP contribution in [-0.2, 0) is 0 Å². The summed E-state index contributed by atoms with van der Waals surface area (Å²) in [4.78, 5) is 14.6. The van der Waals surface area contributed by atoms with Crippen LogP contribution in [0, 0.1) is 11.8 Å². The fraction of sp³-hybridized carbons (Fsp3) is 0.611. The van der Waals surface area contributed by atoms with E-state index in [1.54, 1.807) is 0 Å². The molecule has 1 aromatic rings. The monoisotopic (exact) mass is 320 g/mol. The number of carbonyl (C=O) groups is 1. The molecule has 120 valence electrons. The van der Waals surface area contributed by atoms with E-state index in [0.29, 0.717) is 11.8 Å². The summed E-state index contributed by atoms with van der Waals surface area (Å²) in [6.45, 7) is 3.96. The molecule has 2 atom stereocenters. The molecule has 1 aliphatic carbocycles. The van der Waals surface area contributed by atoms with Crippen LogP contribution >= 0.6 is 11.6 Å². The predicted molar refractivity (Wildman–Crippen MR) is 90.0 cm³/mol. The van der Waals surface area contributed by atoms with Crippen molar-refractivity contribution in [2.45, 2.75) is 45.1 Å². The second kappa shape index (κ2) is 6.91. The third-order valence-electron chi connectivity index (χ3n) is 5.07. The van der Waals surface area contributed by atoms with E-state index in [-0.39, 0.29) is 12.1 Å². The average molecular weight is 321 g/mol. The van der Waals surface area contributed by atoms with Gasteiger partial charge in [0.2, 0.25) is 0 Å². The Bertz CT molecular complexity index is 528. The molecule has 1 aromatic carbocycles. The molecule has 2 unspecified atom stereocenters. The van der Waals surface area contributed by atoms with E-state index in [4.69, 9.17) is 11.6 Å². The zero-order valence-electron chi connectivity index (χ0n) is 13.2. The van der Waals surface area contributed by atoms with E-state index in [1.807, 2.05) is 23.1 Å². The highest BCUT2D eigenvalue weighted by Gasteiger charge is 2.31. The number of hydrogen-bond acceptors (Lipinski definition) is 1. The fourth-order valence-electron chi connectivity index (χ4n) is 3.81. The second-order valence-electron chi connectivity index (χ2n) is 6.87. The quantitative estimate of drug-likeness (QED) is 0.865. The van der Waals surface area contributed by atoms with Crippen LogP contribution in [0.2, 0.25) is 5.02 Å². The molecule has 22 heavy (non-hydrogen) atoms. The van der Waals surface area contributed by atoms with Crippen LogP contribution in [0.5, 0.6) is 0 Å². The molecular weight excluding hydrogens is 296 g/mol. The van der Waals surface area contributed by atoms with Gasteiger partial charge < -0.3 is 10.2 Å². The van der Waals surface area contributed by atoms with E-state index in [9.17, 15) is 4.79 Å². The number of rotatable bonds is 3. The van der Waals surface area contributed by atoms with Crippen molar-refractivity contribution in [3.8, 4) is 0 Å². The van der Waals surface area contributed by atoms with Crippen molar-refractivity contribution in [1.29, 1.82) is 0 Å². The standard InChI is InChI=1S/C18H25ClN2O/c1-13-9-10-21(12-13)18(22)20-17(14-5-2-3-6-14)15-7-4-8-16(19)11-15/h4,7-8,11,13-14,17H,2-3,5-6,9-10,12H2,1H3,(H,20,22). The smallest absolute Gasteiger partial charge is 0.317 e. The highest BCUT2D eigenvalue weighted by Crippen LogP contribution is 2.36. The number of benzene rings is 1. The SMILES string of the molecule is CC1CCN(C(=O)NC(c2cccc(Cl)c2)C2CCCC2)C1. The van der Waals surface area contributed by atoms with E-state index >= 15 is 0 Å². The van der Waals surface area contributed by atoms with Crippen LogP contribution in [0.1, 0.15) is 50.6 Å². The first kappa shape index (κ1) is 15.7. The van der Waals surface area contributed by atoms with E-state index in [2.05, 4.69) is 18.3 Å². The van der Waals surface area contributed by atoms with Crippen molar-refractivity contribution >= 4 is 17.6 Å². The van der Waals surface area contributed by atoms with Gasteiger partial charge in [-0.05, 0) is 48.8 Å². The average Bonchev–Trinajstić information content (AvgIpc) is 3.16. The maximum absolute atomic E-state index is 12.6. The first-order chi connectivity index (χ1) is 10.6. The largest absolute Gasteiger partial charge is 0.331 e. The minimum atomic E-state index is 0.0845. The van der Waals surface area contributed by atoms with E-state index in [1.165, 1.54) is 25.7 Å². The zero-order chi connectivity index (χ0) is 15.5. The van der Waals surface area contributed by atoms with E-state index < -0.39 is 0 Å². The molecule has 0 bridgehead atoms. The molecule has 1 saturated heterocycles. The molecule has 1 N–H and O–H groups in total. The summed E-state index contributed by atoms with van der Waals surface area (Å²) in [5.41, 5.74) is 1.14. The van der Waals surface area contributed by atoms with Crippen LogP contribution in [0.3, 0.4) is 0 Å². The van der Waals surface area contributed by atoms with Gasteiger partial charge in [-0.15, -0.1) is 0 Å². The van der Waals surface area contributed by atoms with Crippen molar-refractivity contribution in [1.82, 2.24) is 10.2 Å². The van der Waals surface area contributed by atoms with Gasteiger partial charge in [0.25, 0.3) is 0 Å². The van der Waals surface area contributed by atoms with Crippen LogP contribution in [0.15, 0.2) is 24.3 Å². The summed E-state index contributed by atoms with van der Waals surface area (Å²) in [5.74, 6) is 1.14. The molecule has 0 aromatic heterocycles. The van der Waals surface area contributed by atoms with Gasteiger partial charge in [0.15, 0.2) is 0 Å². The number of nitrogens with one attached hydrogen (secondary N) is 1. The van der Waals surface area contributed by atoms with Gasteiger partial charge >= 0.3 is 6.03 Å². The Hall–Kier alpha value is -1.22. The Morgan fingerprint density at radius 1 is 1.32 bits per heavy atom. The predicted octanol–water partition coefficient (Wildman–Crippen LogP) is 4.62. The Balaban J connectivity index is 1.75. The Labute approximate surface area is 138 Å². The lowest BCUT2D eigenvalue weighted by molar-refractivity contribution is 0.197. The molecule has 0 spiro atoms. The van der Waals surface area contributed by atoms with Gasteiger partial charge in [-0.25, -0.2) is 4.79 Å². The van der Waals surface area contributed by atoms with Crippen LogP contribution in [-0.4, -0.2) is 24.0 Å². The molecule has 1 aliphatic heterocycles. The maximum atomic E-state index is 12.6. The summed E-state index contributed by atoms with van der Waals surface area (Å²) >= 11 is 6.16. The molecule has 4 heteroatoms. The molecule has 2 amide bonds. The second-order valence-corrected chi connectivity index (χ2v) is 7.30. The third kappa shape index (κ3) is 3.57. The number of nitrogens with zero attached hydrogens (tertiary/aromatic N) is 1. The minimum absolute atomic E-state index is 0.0845. The van der Waals surface area contributed by atoms with Crippen LogP contribution in [0.4, 0.5) is 4.79 Å². The zero-order valence-corrected chi connectivity index (χ0v) is 14.0. The number of halogens is 1. The summed E-state index contributed by atoms with van der Waals surface area (Å²) in [5, 5.41) is 4.03. The van der Waals surface area contributed by atoms with Crippen LogP contribution < -0.4 is 5.32 Å². The number of hydrogen-bond donors (Lipinski definition) is 1. The van der Waals surface area contributed by atoms with Crippen molar-refractivity contribution in [2.24, 2.45) is 11.8 Å². The molecular formula is C18H25ClN2O. The fourth-order valence-corrected chi connectivity index (χ4v) is 4.01. The highest BCUT2D eigenvalue weighted by molar-refractivity contribution is 6.30. The van der Waals surface area contributed by atoms with E-state index in [0.717, 1.165) is 30.1 Å². The Kier molecular flexibility index (Phi) is 4.92. The van der Waals surface area contributed by atoms with Gasteiger partial charge in [0, 0.05) is 18.1 Å². The molecule has 1 heterocycles. The first-order valence-electron chi connectivity index (χ1n) is 8.44. The summed E-state index contributed by atoms with van der Waals surface area (Å²) in [6.07, 6.45) is 6.01. The van der Waals surface area contributed by atoms with Crippen molar-refractivity contribution < 1.29 is 4.79 Å². The molecule has 3 nitrogen and oxygen atoms in total. The lowest BCUT2D eigenvalue weighted by Crippen LogP contribution is -2.42. The molecule has 3 rings (SSSR count). The third-order valence-corrected chi connectivity index (χ3v) is 5.30. The van der Waals surface area contributed by atoms with Gasteiger partial charge in [0.1, 0.15) is 0 Å². The number of likely N-dealkylation sites (tertiary alicyclic amines) is 1. The Morgan fingerprint density at radius 3 is 2.73 bits per heavy atom. The van der Waals surface area contributed by atoms with Gasteiger partial charge in [-0.2, -0.15) is 0 Å². The van der Waals surface area contributed by atoms with Gasteiger partial charge in [-0.3, -0.25) is 0 Å². The topological polar surface area (TPSA) is 32.3 Å². The molecule has 0 radical (unpaired) electrons. The molecule has 2 aliphatic rings. The normalized spacial score (nSPS) is 23.7.